The molecule has 5 nitrogen and oxygen atoms in total. The van der Waals surface area contributed by atoms with Crippen LogP contribution in [0.25, 0.3) is 0 Å². The molecule has 2 aromatic rings. The molecule has 5 N–H and O–H groups in total. The van der Waals surface area contributed by atoms with Crippen molar-refractivity contribution in [1.29, 1.82) is 0 Å². The van der Waals surface area contributed by atoms with Crippen molar-refractivity contribution in [3.8, 4) is 11.5 Å². The maximum atomic E-state index is 12.0. The fourth-order valence-corrected chi connectivity index (χ4v) is 1.98. The lowest BCUT2D eigenvalue weighted by atomic mass is 10.1. The second-order valence-electron chi connectivity index (χ2n) is 4.63. The van der Waals surface area contributed by atoms with E-state index >= 15 is 0 Å². The zero-order valence-electron chi connectivity index (χ0n) is 11.1. The summed E-state index contributed by atoms with van der Waals surface area (Å²) in [6.07, 6.45) is 0.345. The maximum Gasteiger partial charge on any atom is 0.241 e. The summed E-state index contributed by atoms with van der Waals surface area (Å²) >= 11 is 5.77. The average molecular weight is 307 g/mol. The SMILES string of the molecule is NC(Cc1ccc(O)cc1)C(=O)Nc1ccc(O)c(Cl)c1. The van der Waals surface area contributed by atoms with Gasteiger partial charge in [0.2, 0.25) is 5.91 Å². The van der Waals surface area contributed by atoms with Gasteiger partial charge in [-0.1, -0.05) is 23.7 Å². The Hall–Kier alpha value is -2.24. The monoisotopic (exact) mass is 306 g/mol. The van der Waals surface area contributed by atoms with Gasteiger partial charge in [0.1, 0.15) is 11.5 Å². The second-order valence-corrected chi connectivity index (χ2v) is 5.04. The molecule has 0 radical (unpaired) electrons. The first-order chi connectivity index (χ1) is 9.95. The van der Waals surface area contributed by atoms with E-state index < -0.39 is 6.04 Å². The van der Waals surface area contributed by atoms with Gasteiger partial charge in [0.05, 0.1) is 11.1 Å². The third-order valence-corrected chi connectivity index (χ3v) is 3.25. The Kier molecular flexibility index (Phi) is 4.67. The first kappa shape index (κ1) is 15.2. The van der Waals surface area contributed by atoms with Gasteiger partial charge in [0, 0.05) is 5.69 Å². The molecule has 0 aromatic heterocycles. The van der Waals surface area contributed by atoms with Crippen LogP contribution in [0, 0.1) is 0 Å². The minimum absolute atomic E-state index is 0.0527. The molecule has 0 heterocycles. The number of carbonyl (C=O) groups excluding carboxylic acids is 1. The molecule has 0 bridgehead atoms. The summed E-state index contributed by atoms with van der Waals surface area (Å²) in [7, 11) is 0. The number of phenols is 2. The third kappa shape index (κ3) is 4.11. The van der Waals surface area contributed by atoms with Crippen LogP contribution in [0.1, 0.15) is 5.56 Å². The largest absolute Gasteiger partial charge is 0.508 e. The molecular weight excluding hydrogens is 292 g/mol. The Bertz CT molecular complexity index is 644. The molecule has 110 valence electrons. The fourth-order valence-electron chi connectivity index (χ4n) is 1.80. The first-order valence-corrected chi connectivity index (χ1v) is 6.66. The van der Waals surface area contributed by atoms with Gasteiger partial charge in [0.15, 0.2) is 0 Å². The number of rotatable bonds is 4. The van der Waals surface area contributed by atoms with Crippen LogP contribution in [-0.2, 0) is 11.2 Å². The topological polar surface area (TPSA) is 95.6 Å². The van der Waals surface area contributed by atoms with Gasteiger partial charge >= 0.3 is 0 Å². The second kappa shape index (κ2) is 6.47. The number of nitrogens with two attached hydrogens (primary N) is 1. The zero-order valence-corrected chi connectivity index (χ0v) is 11.8. The number of nitrogens with one attached hydrogen (secondary N) is 1. The molecule has 0 saturated carbocycles. The number of benzene rings is 2. The van der Waals surface area contributed by atoms with E-state index in [1.807, 2.05) is 0 Å². The van der Waals surface area contributed by atoms with E-state index in [-0.39, 0.29) is 22.4 Å². The summed E-state index contributed by atoms with van der Waals surface area (Å²) in [5, 5.41) is 21.3. The normalized spacial score (nSPS) is 11.9. The van der Waals surface area contributed by atoms with Crippen LogP contribution in [0.3, 0.4) is 0 Å². The minimum Gasteiger partial charge on any atom is -0.508 e. The lowest BCUT2D eigenvalue weighted by Crippen LogP contribution is -2.37. The summed E-state index contributed by atoms with van der Waals surface area (Å²) in [6, 6.07) is 10.1. The molecule has 0 fully saturated rings. The van der Waals surface area contributed by atoms with Crippen LogP contribution < -0.4 is 11.1 Å². The van der Waals surface area contributed by atoms with Crippen molar-refractivity contribution in [1.82, 2.24) is 0 Å². The van der Waals surface area contributed by atoms with Gasteiger partial charge in [-0.3, -0.25) is 4.79 Å². The van der Waals surface area contributed by atoms with E-state index in [0.29, 0.717) is 12.1 Å². The number of anilines is 1. The van der Waals surface area contributed by atoms with Gasteiger partial charge in [-0.25, -0.2) is 0 Å². The third-order valence-electron chi connectivity index (χ3n) is 2.94. The molecule has 0 aliphatic heterocycles. The van der Waals surface area contributed by atoms with Crippen LogP contribution in [0.2, 0.25) is 5.02 Å². The molecule has 1 amide bonds. The molecule has 2 rings (SSSR count). The molecule has 1 unspecified atom stereocenters. The standard InChI is InChI=1S/C15H15ClN2O3/c16-12-8-10(3-6-14(12)20)18-15(21)13(17)7-9-1-4-11(19)5-2-9/h1-6,8,13,19-20H,7,17H2,(H,18,21). The van der Waals surface area contributed by atoms with Crippen LogP contribution in [0.15, 0.2) is 42.5 Å². The number of carbonyl (C=O) groups is 1. The van der Waals surface area contributed by atoms with Crippen LogP contribution in [-0.4, -0.2) is 22.2 Å². The van der Waals surface area contributed by atoms with Gasteiger partial charge < -0.3 is 21.3 Å². The Morgan fingerprint density at radius 3 is 2.48 bits per heavy atom. The first-order valence-electron chi connectivity index (χ1n) is 6.28. The van der Waals surface area contributed by atoms with Crippen molar-refractivity contribution in [2.75, 3.05) is 5.32 Å². The molecule has 2 aromatic carbocycles. The lowest BCUT2D eigenvalue weighted by Gasteiger charge is -2.13. The van der Waals surface area contributed by atoms with Gasteiger partial charge in [-0.2, -0.15) is 0 Å². The van der Waals surface area contributed by atoms with Crippen molar-refractivity contribution in [3.63, 3.8) is 0 Å². The molecule has 0 spiro atoms. The highest BCUT2D eigenvalue weighted by atomic mass is 35.5. The average Bonchev–Trinajstić information content (AvgIpc) is 2.45. The van der Waals surface area contributed by atoms with Gasteiger partial charge in [0.25, 0.3) is 0 Å². The number of amides is 1. The summed E-state index contributed by atoms with van der Waals surface area (Å²) in [5.41, 5.74) is 7.15. The molecule has 0 saturated heterocycles. The van der Waals surface area contributed by atoms with Crippen molar-refractivity contribution in [3.05, 3.63) is 53.1 Å². The van der Waals surface area contributed by atoms with Crippen LogP contribution in [0.4, 0.5) is 5.69 Å². The number of phenolic OH excluding ortho intramolecular Hbond substituents is 2. The fraction of sp³-hybridized carbons (Fsp3) is 0.133. The summed E-state index contributed by atoms with van der Waals surface area (Å²) < 4.78 is 0. The van der Waals surface area contributed by atoms with Crippen LogP contribution in [0.5, 0.6) is 11.5 Å². The van der Waals surface area contributed by atoms with E-state index in [0.717, 1.165) is 5.56 Å². The Balaban J connectivity index is 1.98. The summed E-state index contributed by atoms with van der Waals surface area (Å²) in [4.78, 5) is 12.0. The maximum absolute atomic E-state index is 12.0. The molecule has 6 heteroatoms. The zero-order chi connectivity index (χ0) is 15.4. The molecule has 0 aliphatic carbocycles. The molecule has 1 atom stereocenters. The highest BCUT2D eigenvalue weighted by Crippen LogP contribution is 2.26. The van der Waals surface area contributed by atoms with Crippen molar-refractivity contribution in [2.45, 2.75) is 12.5 Å². The van der Waals surface area contributed by atoms with Crippen LogP contribution >= 0.6 is 11.6 Å². The minimum atomic E-state index is -0.734. The highest BCUT2D eigenvalue weighted by Gasteiger charge is 2.14. The molecule has 0 aliphatic rings. The quantitative estimate of drug-likeness (QED) is 0.652. The summed E-state index contributed by atoms with van der Waals surface area (Å²) in [6.45, 7) is 0. The van der Waals surface area contributed by atoms with E-state index in [1.54, 1.807) is 24.3 Å². The van der Waals surface area contributed by atoms with Crippen molar-refractivity contribution >= 4 is 23.2 Å². The van der Waals surface area contributed by atoms with Crippen molar-refractivity contribution in [2.24, 2.45) is 5.73 Å². The predicted molar refractivity (Wildman–Crippen MR) is 81.5 cm³/mol. The van der Waals surface area contributed by atoms with Crippen molar-refractivity contribution < 1.29 is 15.0 Å². The summed E-state index contributed by atoms with van der Waals surface area (Å²) in [5.74, 6) is -0.247. The lowest BCUT2D eigenvalue weighted by molar-refractivity contribution is -0.117. The Labute approximate surface area is 127 Å². The number of halogens is 1. The van der Waals surface area contributed by atoms with E-state index in [4.69, 9.17) is 17.3 Å². The Morgan fingerprint density at radius 2 is 1.86 bits per heavy atom. The number of aromatic hydroxyl groups is 2. The smallest absolute Gasteiger partial charge is 0.241 e. The Morgan fingerprint density at radius 1 is 1.19 bits per heavy atom. The predicted octanol–water partition coefficient (Wildman–Crippen LogP) is 2.26. The van der Waals surface area contributed by atoms with E-state index in [2.05, 4.69) is 5.32 Å². The van der Waals surface area contributed by atoms with E-state index in [9.17, 15) is 15.0 Å². The highest BCUT2D eigenvalue weighted by molar-refractivity contribution is 6.32. The van der Waals surface area contributed by atoms with Gasteiger partial charge in [-0.15, -0.1) is 0 Å². The number of hydrogen-bond acceptors (Lipinski definition) is 4. The van der Waals surface area contributed by atoms with Gasteiger partial charge in [-0.05, 0) is 42.3 Å². The molecular formula is C15H15ClN2O3. The molecule has 21 heavy (non-hydrogen) atoms. The van der Waals surface area contributed by atoms with E-state index in [1.165, 1.54) is 18.2 Å². The number of hydrogen-bond donors (Lipinski definition) is 4.